The first kappa shape index (κ1) is 10.8. The molecule has 0 saturated carbocycles. The maximum absolute atomic E-state index is 11.6. The van der Waals surface area contributed by atoms with Crippen LogP contribution >= 0.6 is 15.9 Å². The average molecular weight is 246 g/mol. The van der Waals surface area contributed by atoms with Gasteiger partial charge in [0.25, 0.3) is 0 Å². The Morgan fingerprint density at radius 2 is 2.15 bits per heavy atom. The quantitative estimate of drug-likeness (QED) is 0.696. The molecule has 3 heteroatoms. The van der Waals surface area contributed by atoms with E-state index >= 15 is 0 Å². The zero-order chi connectivity index (χ0) is 10.0. The summed E-state index contributed by atoms with van der Waals surface area (Å²) in [6.45, 7) is 7.63. The van der Waals surface area contributed by atoms with Crippen LogP contribution in [0.3, 0.4) is 0 Å². The van der Waals surface area contributed by atoms with E-state index in [2.05, 4.69) is 22.9 Å². The van der Waals surface area contributed by atoms with Crippen LogP contribution in [-0.4, -0.2) is 23.9 Å². The molecule has 0 bridgehead atoms. The Kier molecular flexibility index (Phi) is 3.54. The lowest BCUT2D eigenvalue weighted by atomic mass is 10.1. The Labute approximate surface area is 88.1 Å². The zero-order valence-corrected chi connectivity index (χ0v) is 10.0. The monoisotopic (exact) mass is 245 g/mol. The smallest absolute Gasteiger partial charge is 0.225 e. The molecule has 0 saturated heterocycles. The summed E-state index contributed by atoms with van der Waals surface area (Å²) in [7, 11) is 0. The first-order chi connectivity index (χ1) is 6.02. The van der Waals surface area contributed by atoms with Gasteiger partial charge >= 0.3 is 0 Å². The van der Waals surface area contributed by atoms with Crippen molar-refractivity contribution < 1.29 is 4.79 Å². The minimum Gasteiger partial charge on any atom is -0.337 e. The van der Waals surface area contributed by atoms with Crippen molar-refractivity contribution in [2.24, 2.45) is 5.92 Å². The van der Waals surface area contributed by atoms with Gasteiger partial charge in [-0.2, -0.15) is 0 Å². The topological polar surface area (TPSA) is 20.3 Å². The van der Waals surface area contributed by atoms with Crippen LogP contribution in [0.15, 0.2) is 10.1 Å². The van der Waals surface area contributed by atoms with Crippen molar-refractivity contribution in [2.75, 3.05) is 13.1 Å². The summed E-state index contributed by atoms with van der Waals surface area (Å²) in [5.41, 5.74) is 1.37. The maximum Gasteiger partial charge on any atom is 0.225 e. The highest BCUT2D eigenvalue weighted by Gasteiger charge is 2.21. The number of hydrogen-bond acceptors (Lipinski definition) is 1. The highest BCUT2D eigenvalue weighted by atomic mass is 79.9. The Balaban J connectivity index is 2.63. The normalized spacial score (nSPS) is 18.4. The van der Waals surface area contributed by atoms with Gasteiger partial charge in [-0.1, -0.05) is 35.4 Å². The van der Waals surface area contributed by atoms with Gasteiger partial charge in [0.15, 0.2) is 0 Å². The fourth-order valence-electron chi connectivity index (χ4n) is 1.37. The van der Waals surface area contributed by atoms with E-state index in [0.717, 1.165) is 19.5 Å². The number of halogens is 1. The minimum absolute atomic E-state index is 0.110. The first-order valence-corrected chi connectivity index (χ1v) is 5.44. The molecule has 74 valence electrons. The molecule has 0 N–H and O–H groups in total. The van der Waals surface area contributed by atoms with Crippen molar-refractivity contribution in [1.82, 2.24) is 4.90 Å². The van der Waals surface area contributed by atoms with Crippen molar-refractivity contribution in [2.45, 2.75) is 27.2 Å². The van der Waals surface area contributed by atoms with Gasteiger partial charge in [-0.15, -0.1) is 0 Å². The molecular weight excluding hydrogens is 230 g/mol. The molecule has 1 heterocycles. The summed E-state index contributed by atoms with van der Waals surface area (Å²) < 4.78 is 1.17. The Morgan fingerprint density at radius 3 is 2.62 bits per heavy atom. The molecule has 0 spiro atoms. The van der Waals surface area contributed by atoms with Crippen LogP contribution in [0.25, 0.3) is 0 Å². The van der Waals surface area contributed by atoms with Gasteiger partial charge in [-0.05, 0) is 13.3 Å². The minimum atomic E-state index is 0.110. The molecule has 13 heavy (non-hydrogen) atoms. The molecule has 0 fully saturated rings. The molecule has 0 aliphatic carbocycles. The summed E-state index contributed by atoms with van der Waals surface area (Å²) in [5.74, 6) is 0.364. The lowest BCUT2D eigenvalue weighted by Crippen LogP contribution is -2.38. The third-order valence-electron chi connectivity index (χ3n) is 2.36. The summed E-state index contributed by atoms with van der Waals surface area (Å²) in [6, 6.07) is 0. The van der Waals surface area contributed by atoms with E-state index in [0.29, 0.717) is 0 Å². The molecule has 0 radical (unpaired) electrons. The number of carbonyl (C=O) groups is 1. The first-order valence-electron chi connectivity index (χ1n) is 4.65. The predicted octanol–water partition coefficient (Wildman–Crippen LogP) is 2.54. The molecule has 0 aromatic heterocycles. The van der Waals surface area contributed by atoms with Crippen LogP contribution in [0, 0.1) is 5.92 Å². The molecule has 1 aliphatic heterocycles. The van der Waals surface area contributed by atoms with Crippen molar-refractivity contribution >= 4 is 21.8 Å². The van der Waals surface area contributed by atoms with Gasteiger partial charge in [-0.25, -0.2) is 0 Å². The van der Waals surface area contributed by atoms with E-state index in [9.17, 15) is 4.79 Å². The number of amides is 1. The predicted molar refractivity (Wildman–Crippen MR) is 57.7 cm³/mol. The number of hydrogen-bond donors (Lipinski definition) is 0. The van der Waals surface area contributed by atoms with E-state index < -0.39 is 0 Å². The van der Waals surface area contributed by atoms with E-state index in [1.165, 1.54) is 10.1 Å². The summed E-state index contributed by atoms with van der Waals surface area (Å²) in [6.07, 6.45) is 0.999. The van der Waals surface area contributed by atoms with Gasteiger partial charge in [-0.3, -0.25) is 4.79 Å². The largest absolute Gasteiger partial charge is 0.337 e. The second kappa shape index (κ2) is 4.27. The van der Waals surface area contributed by atoms with Crippen LogP contribution in [0.1, 0.15) is 27.2 Å². The SMILES string of the molecule is CC1=C(Br)CN(C(=O)C(C)C)CC1. The Hall–Kier alpha value is -0.310. The summed E-state index contributed by atoms with van der Waals surface area (Å²) in [5, 5.41) is 0. The average Bonchev–Trinajstić information content (AvgIpc) is 2.08. The fourth-order valence-corrected chi connectivity index (χ4v) is 1.87. The molecule has 1 aliphatic rings. The van der Waals surface area contributed by atoms with Crippen molar-refractivity contribution in [3.05, 3.63) is 10.1 Å². The van der Waals surface area contributed by atoms with E-state index in [1.54, 1.807) is 0 Å². The van der Waals surface area contributed by atoms with Crippen LogP contribution < -0.4 is 0 Å². The van der Waals surface area contributed by atoms with Crippen LogP contribution in [0.5, 0.6) is 0 Å². The van der Waals surface area contributed by atoms with Gasteiger partial charge < -0.3 is 4.90 Å². The lowest BCUT2D eigenvalue weighted by molar-refractivity contribution is -0.134. The molecule has 0 unspecified atom stereocenters. The highest BCUT2D eigenvalue weighted by molar-refractivity contribution is 9.11. The molecule has 0 atom stereocenters. The van der Waals surface area contributed by atoms with Gasteiger partial charge in [0, 0.05) is 16.9 Å². The zero-order valence-electron chi connectivity index (χ0n) is 8.43. The third-order valence-corrected chi connectivity index (χ3v) is 3.28. The Bertz CT molecular complexity index is 245. The molecular formula is C10H16BrNO. The summed E-state index contributed by atoms with van der Waals surface area (Å²) >= 11 is 3.50. The fraction of sp³-hybridized carbons (Fsp3) is 0.700. The van der Waals surface area contributed by atoms with Crippen LogP contribution in [-0.2, 0) is 4.79 Å². The molecule has 0 aromatic rings. The van der Waals surface area contributed by atoms with E-state index in [-0.39, 0.29) is 11.8 Å². The highest BCUT2D eigenvalue weighted by Crippen LogP contribution is 2.22. The van der Waals surface area contributed by atoms with Crippen molar-refractivity contribution in [1.29, 1.82) is 0 Å². The number of carbonyl (C=O) groups excluding carboxylic acids is 1. The molecule has 1 rings (SSSR count). The third kappa shape index (κ3) is 2.56. The number of rotatable bonds is 1. The number of nitrogens with zero attached hydrogens (tertiary/aromatic N) is 1. The van der Waals surface area contributed by atoms with Gasteiger partial charge in [0.1, 0.15) is 0 Å². The maximum atomic E-state index is 11.6. The standard InChI is InChI=1S/C10H16BrNO/c1-7(2)10(13)12-5-4-8(3)9(11)6-12/h7H,4-6H2,1-3H3. The Morgan fingerprint density at radius 1 is 1.54 bits per heavy atom. The molecule has 2 nitrogen and oxygen atoms in total. The van der Waals surface area contributed by atoms with Crippen molar-refractivity contribution in [3.63, 3.8) is 0 Å². The second-order valence-electron chi connectivity index (χ2n) is 3.85. The summed E-state index contributed by atoms with van der Waals surface area (Å²) in [4.78, 5) is 13.6. The molecule has 1 amide bonds. The van der Waals surface area contributed by atoms with Crippen molar-refractivity contribution in [3.8, 4) is 0 Å². The van der Waals surface area contributed by atoms with Gasteiger partial charge in [0.05, 0.1) is 6.54 Å². The van der Waals surface area contributed by atoms with E-state index in [1.807, 2.05) is 18.7 Å². The van der Waals surface area contributed by atoms with Gasteiger partial charge in [0.2, 0.25) is 5.91 Å². The van der Waals surface area contributed by atoms with Crippen LogP contribution in [0.2, 0.25) is 0 Å². The second-order valence-corrected chi connectivity index (χ2v) is 4.81. The lowest BCUT2D eigenvalue weighted by Gasteiger charge is -2.29. The van der Waals surface area contributed by atoms with Crippen LogP contribution in [0.4, 0.5) is 0 Å². The molecule has 0 aromatic carbocycles. The van der Waals surface area contributed by atoms with E-state index in [4.69, 9.17) is 0 Å².